The minimum Gasteiger partial charge on any atom is -0.313 e. The Bertz CT molecular complexity index is 458. The zero-order chi connectivity index (χ0) is 11.4. The predicted molar refractivity (Wildman–Crippen MR) is 74.8 cm³/mol. The number of rotatable bonds is 0. The van der Waals surface area contributed by atoms with E-state index in [2.05, 4.69) is 63.7 Å². The molecule has 0 aliphatic carbocycles. The highest BCUT2D eigenvalue weighted by atomic mass is 79.9. The van der Waals surface area contributed by atoms with Gasteiger partial charge in [-0.15, -0.1) is 0 Å². The van der Waals surface area contributed by atoms with Gasteiger partial charge in [0.15, 0.2) is 3.23 Å². The topological polar surface area (TPSA) is 20.3 Å². The SMILES string of the molecule is CN1C(=O)C(Br)(Br)c2cc(Br)c(Br)cc21. The van der Waals surface area contributed by atoms with Crippen LogP contribution in [-0.4, -0.2) is 13.0 Å². The first-order chi connectivity index (χ1) is 6.85. The van der Waals surface area contributed by atoms with Crippen LogP contribution in [0.5, 0.6) is 0 Å². The van der Waals surface area contributed by atoms with Crippen LogP contribution in [0.15, 0.2) is 21.1 Å². The standard InChI is InChI=1S/C9H5Br4NO/c1-14-7-3-6(11)5(10)2-4(7)9(12,13)8(14)15/h2-3H,1H3. The maximum atomic E-state index is 11.9. The lowest BCUT2D eigenvalue weighted by Gasteiger charge is -2.12. The Balaban J connectivity index is 2.72. The number of nitrogens with zero attached hydrogens (tertiary/aromatic N) is 1. The zero-order valence-electron chi connectivity index (χ0n) is 7.52. The highest BCUT2D eigenvalue weighted by Gasteiger charge is 2.46. The van der Waals surface area contributed by atoms with Gasteiger partial charge in [0.25, 0.3) is 5.91 Å². The first kappa shape index (κ1) is 12.1. The van der Waals surface area contributed by atoms with E-state index in [0.717, 1.165) is 20.2 Å². The summed E-state index contributed by atoms with van der Waals surface area (Å²) >= 11 is 13.6. The Morgan fingerprint density at radius 1 is 1.20 bits per heavy atom. The van der Waals surface area contributed by atoms with Crippen LogP contribution in [0, 0.1) is 0 Å². The van der Waals surface area contributed by atoms with E-state index in [1.807, 2.05) is 12.1 Å². The molecular formula is C9H5Br4NO. The summed E-state index contributed by atoms with van der Waals surface area (Å²) in [7, 11) is 1.76. The lowest BCUT2D eigenvalue weighted by molar-refractivity contribution is -0.117. The molecule has 0 aromatic heterocycles. The highest BCUT2D eigenvalue weighted by molar-refractivity contribution is 9.25. The van der Waals surface area contributed by atoms with Crippen molar-refractivity contribution in [1.82, 2.24) is 0 Å². The van der Waals surface area contributed by atoms with E-state index in [9.17, 15) is 4.79 Å². The number of hydrogen-bond donors (Lipinski definition) is 0. The molecule has 0 atom stereocenters. The molecule has 0 radical (unpaired) electrons. The maximum absolute atomic E-state index is 11.9. The van der Waals surface area contributed by atoms with Crippen molar-refractivity contribution in [1.29, 1.82) is 0 Å². The molecule has 1 aliphatic heterocycles. The van der Waals surface area contributed by atoms with E-state index in [0.29, 0.717) is 0 Å². The molecule has 1 aromatic rings. The van der Waals surface area contributed by atoms with Crippen molar-refractivity contribution >= 4 is 75.3 Å². The van der Waals surface area contributed by atoms with Crippen LogP contribution in [0.2, 0.25) is 0 Å². The molecule has 80 valence electrons. The number of fused-ring (bicyclic) bond motifs is 1. The van der Waals surface area contributed by atoms with Crippen molar-refractivity contribution in [3.63, 3.8) is 0 Å². The van der Waals surface area contributed by atoms with Crippen LogP contribution in [0.25, 0.3) is 0 Å². The number of carbonyl (C=O) groups is 1. The van der Waals surface area contributed by atoms with Crippen molar-refractivity contribution < 1.29 is 4.79 Å². The number of hydrogen-bond acceptors (Lipinski definition) is 1. The lowest BCUT2D eigenvalue weighted by Crippen LogP contribution is -2.29. The average molecular weight is 463 g/mol. The summed E-state index contributed by atoms with van der Waals surface area (Å²) in [5, 5.41) is 0. The van der Waals surface area contributed by atoms with E-state index in [1.54, 1.807) is 11.9 Å². The lowest BCUT2D eigenvalue weighted by atomic mass is 10.2. The first-order valence-electron chi connectivity index (χ1n) is 4.01. The molecule has 1 aromatic carbocycles. The first-order valence-corrected chi connectivity index (χ1v) is 7.18. The number of carbonyl (C=O) groups excluding carboxylic acids is 1. The molecule has 2 rings (SSSR count). The van der Waals surface area contributed by atoms with Gasteiger partial charge in [0.05, 0.1) is 5.69 Å². The zero-order valence-corrected chi connectivity index (χ0v) is 13.9. The molecule has 1 heterocycles. The molecule has 0 N–H and O–H groups in total. The molecule has 1 aliphatic rings. The van der Waals surface area contributed by atoms with Crippen molar-refractivity contribution in [2.24, 2.45) is 0 Å². The van der Waals surface area contributed by atoms with E-state index in [-0.39, 0.29) is 5.91 Å². The highest BCUT2D eigenvalue weighted by Crippen LogP contribution is 2.51. The van der Waals surface area contributed by atoms with Gasteiger partial charge in [-0.1, -0.05) is 31.9 Å². The second-order valence-corrected chi connectivity index (χ2v) is 8.37. The third kappa shape index (κ3) is 1.73. The van der Waals surface area contributed by atoms with Gasteiger partial charge in [0.1, 0.15) is 0 Å². The number of likely N-dealkylation sites (N-methyl/N-ethyl adjacent to an activating group) is 1. The van der Waals surface area contributed by atoms with Crippen LogP contribution in [0.3, 0.4) is 0 Å². The van der Waals surface area contributed by atoms with Crippen LogP contribution < -0.4 is 4.90 Å². The summed E-state index contributed by atoms with van der Waals surface area (Å²) in [4.78, 5) is 13.5. The van der Waals surface area contributed by atoms with Gasteiger partial charge in [-0.3, -0.25) is 4.79 Å². The molecule has 0 saturated carbocycles. The van der Waals surface area contributed by atoms with Crippen LogP contribution in [0.1, 0.15) is 5.56 Å². The molecule has 0 saturated heterocycles. The molecule has 2 nitrogen and oxygen atoms in total. The second-order valence-electron chi connectivity index (χ2n) is 3.22. The van der Waals surface area contributed by atoms with Gasteiger partial charge in [-0.25, -0.2) is 0 Å². The summed E-state index contributed by atoms with van der Waals surface area (Å²) in [6, 6.07) is 3.84. The molecule has 0 fully saturated rings. The van der Waals surface area contributed by atoms with E-state index in [1.165, 1.54) is 0 Å². The van der Waals surface area contributed by atoms with Gasteiger partial charge in [-0.2, -0.15) is 0 Å². The minimum atomic E-state index is -0.798. The molecule has 15 heavy (non-hydrogen) atoms. The predicted octanol–water partition coefficient (Wildman–Crippen LogP) is 4.13. The Hall–Kier alpha value is 0.610. The number of anilines is 1. The van der Waals surface area contributed by atoms with Gasteiger partial charge in [0, 0.05) is 21.6 Å². The Kier molecular flexibility index (Phi) is 3.08. The monoisotopic (exact) mass is 459 g/mol. The third-order valence-corrected chi connectivity index (χ3v) is 5.69. The quantitative estimate of drug-likeness (QED) is 0.531. The number of amides is 1. The summed E-state index contributed by atoms with van der Waals surface area (Å²) < 4.78 is 1.05. The number of benzene rings is 1. The Morgan fingerprint density at radius 2 is 1.73 bits per heavy atom. The van der Waals surface area contributed by atoms with E-state index >= 15 is 0 Å². The summed E-state index contributed by atoms with van der Waals surface area (Å²) in [6.45, 7) is 0. The molecule has 0 unspecified atom stereocenters. The number of alkyl halides is 2. The maximum Gasteiger partial charge on any atom is 0.259 e. The van der Waals surface area contributed by atoms with E-state index < -0.39 is 3.23 Å². The second kappa shape index (κ2) is 3.82. The van der Waals surface area contributed by atoms with Gasteiger partial charge < -0.3 is 4.90 Å². The van der Waals surface area contributed by atoms with Crippen LogP contribution in [-0.2, 0) is 8.03 Å². The normalized spacial score (nSPS) is 18.2. The average Bonchev–Trinajstić information content (AvgIpc) is 2.32. The fourth-order valence-electron chi connectivity index (χ4n) is 1.50. The summed E-state index contributed by atoms with van der Waals surface area (Å²) in [5.74, 6) is -0.0255. The molecule has 0 bridgehead atoms. The van der Waals surface area contributed by atoms with Crippen LogP contribution in [0.4, 0.5) is 5.69 Å². The molecule has 6 heteroatoms. The van der Waals surface area contributed by atoms with Crippen molar-refractivity contribution in [3.05, 3.63) is 26.6 Å². The minimum absolute atomic E-state index is 0.0255. The smallest absolute Gasteiger partial charge is 0.259 e. The molecule has 1 amide bonds. The Labute approximate surface area is 121 Å². The summed E-state index contributed by atoms with van der Waals surface area (Å²) in [5.41, 5.74) is 1.80. The van der Waals surface area contributed by atoms with Gasteiger partial charge in [-0.05, 0) is 44.0 Å². The van der Waals surface area contributed by atoms with Crippen LogP contribution >= 0.6 is 63.7 Å². The van der Waals surface area contributed by atoms with Crippen molar-refractivity contribution in [2.75, 3.05) is 11.9 Å². The molecule has 0 spiro atoms. The van der Waals surface area contributed by atoms with Gasteiger partial charge in [0.2, 0.25) is 0 Å². The fraction of sp³-hybridized carbons (Fsp3) is 0.222. The number of halogens is 4. The molecular weight excluding hydrogens is 458 g/mol. The van der Waals surface area contributed by atoms with Crippen molar-refractivity contribution in [2.45, 2.75) is 3.23 Å². The largest absolute Gasteiger partial charge is 0.313 e. The Morgan fingerprint density at radius 3 is 2.33 bits per heavy atom. The van der Waals surface area contributed by atoms with Crippen molar-refractivity contribution in [3.8, 4) is 0 Å². The summed E-state index contributed by atoms with van der Waals surface area (Å²) in [6.07, 6.45) is 0. The van der Waals surface area contributed by atoms with Gasteiger partial charge >= 0.3 is 0 Å². The fourth-order valence-corrected chi connectivity index (χ4v) is 3.34. The third-order valence-electron chi connectivity index (χ3n) is 2.31. The van der Waals surface area contributed by atoms with E-state index in [4.69, 9.17) is 0 Å².